The van der Waals surface area contributed by atoms with Gasteiger partial charge in [-0.05, 0) is 60.7 Å². The van der Waals surface area contributed by atoms with Crippen LogP contribution in [0, 0.1) is 0 Å². The lowest BCUT2D eigenvalue weighted by Gasteiger charge is -2.14. The van der Waals surface area contributed by atoms with E-state index in [4.69, 9.17) is 0 Å². The van der Waals surface area contributed by atoms with Crippen LogP contribution < -0.4 is 10.1 Å². The minimum Gasteiger partial charge on any atom is -0.406 e. The maximum Gasteiger partial charge on any atom is 0.573 e. The predicted octanol–water partition coefficient (Wildman–Crippen LogP) is 5.86. The molecule has 0 aliphatic heterocycles. The first-order chi connectivity index (χ1) is 17.7. The van der Waals surface area contributed by atoms with Crippen molar-refractivity contribution in [3.63, 3.8) is 0 Å². The monoisotopic (exact) mass is 562 g/mol. The smallest absolute Gasteiger partial charge is 0.406 e. The molecule has 0 amide bonds. The lowest BCUT2D eigenvalue weighted by atomic mass is 10.1. The molecular formula is C26H21F3N2O5S2. The number of alkyl halides is 3. The molecular weight excluding hydrogens is 541 g/mol. The Morgan fingerprint density at radius 1 is 0.684 bits per heavy atom. The summed E-state index contributed by atoms with van der Waals surface area (Å²) in [4.78, 5) is 4.83. The number of anilines is 2. The van der Waals surface area contributed by atoms with Gasteiger partial charge in [-0.3, -0.25) is 0 Å². The van der Waals surface area contributed by atoms with E-state index in [9.17, 15) is 30.0 Å². The van der Waals surface area contributed by atoms with Crippen LogP contribution in [-0.2, 0) is 19.7 Å². The van der Waals surface area contributed by atoms with Crippen LogP contribution in [0.15, 0.2) is 94.7 Å². The van der Waals surface area contributed by atoms with Crippen molar-refractivity contribution in [2.75, 3.05) is 17.8 Å². The summed E-state index contributed by atoms with van der Waals surface area (Å²) in [6.07, 6.45) is -2.64. The number of nitrogens with zero attached hydrogens (tertiary/aromatic N) is 1. The van der Waals surface area contributed by atoms with Gasteiger partial charge >= 0.3 is 6.36 Å². The van der Waals surface area contributed by atoms with E-state index in [2.05, 4.69) is 15.0 Å². The summed E-state index contributed by atoms with van der Waals surface area (Å²) in [6, 6.07) is 20.8. The summed E-state index contributed by atoms with van der Waals surface area (Å²) in [7, 11) is -6.99. The van der Waals surface area contributed by atoms with Gasteiger partial charge in [0.25, 0.3) is 0 Å². The van der Waals surface area contributed by atoms with Gasteiger partial charge in [0.1, 0.15) is 5.75 Å². The van der Waals surface area contributed by atoms with Crippen LogP contribution in [0.3, 0.4) is 0 Å². The normalized spacial score (nSPS) is 12.2. The van der Waals surface area contributed by atoms with Crippen molar-refractivity contribution in [1.82, 2.24) is 4.98 Å². The fourth-order valence-electron chi connectivity index (χ4n) is 3.58. The molecule has 4 aromatic rings. The molecule has 7 nitrogen and oxygen atoms in total. The topological polar surface area (TPSA) is 102 Å². The number of sulfone groups is 2. The van der Waals surface area contributed by atoms with Gasteiger partial charge in [-0.1, -0.05) is 24.3 Å². The van der Waals surface area contributed by atoms with Crippen LogP contribution in [0.5, 0.6) is 5.75 Å². The molecule has 198 valence electrons. The molecule has 0 fully saturated rings. The highest BCUT2D eigenvalue weighted by atomic mass is 32.2. The van der Waals surface area contributed by atoms with Crippen LogP contribution in [0.25, 0.3) is 22.5 Å². The summed E-state index contributed by atoms with van der Waals surface area (Å²) < 4.78 is 89.7. The third-order valence-corrected chi connectivity index (χ3v) is 7.54. The highest BCUT2D eigenvalue weighted by molar-refractivity contribution is 7.91. The van der Waals surface area contributed by atoms with Crippen molar-refractivity contribution in [2.45, 2.75) is 16.2 Å². The van der Waals surface area contributed by atoms with Gasteiger partial charge in [0.15, 0.2) is 19.7 Å². The highest BCUT2D eigenvalue weighted by Gasteiger charge is 2.31. The average molecular weight is 563 g/mol. The average Bonchev–Trinajstić information content (AvgIpc) is 2.83. The second-order valence-electron chi connectivity index (χ2n) is 8.42. The zero-order valence-corrected chi connectivity index (χ0v) is 21.7. The minimum atomic E-state index is -4.81. The number of pyridine rings is 1. The first kappa shape index (κ1) is 27.1. The SMILES string of the molecule is CS(=O)(=O)c1cccc(-c2cc(Nc3ccc(OC(F)(F)F)cc3)cc(-c3cccc(S(C)(=O)=O)c3)n2)c1. The lowest BCUT2D eigenvalue weighted by molar-refractivity contribution is -0.274. The second kappa shape index (κ2) is 10.1. The quantitative estimate of drug-likeness (QED) is 0.301. The molecule has 0 aliphatic rings. The van der Waals surface area contributed by atoms with Gasteiger partial charge in [0.05, 0.1) is 21.2 Å². The number of halogens is 3. The fourth-order valence-corrected chi connectivity index (χ4v) is 4.91. The maximum absolute atomic E-state index is 12.5. The molecule has 12 heteroatoms. The molecule has 0 bridgehead atoms. The Labute approximate surface area is 217 Å². The van der Waals surface area contributed by atoms with Crippen LogP contribution in [0.2, 0.25) is 0 Å². The molecule has 0 radical (unpaired) electrons. The van der Waals surface area contributed by atoms with E-state index in [0.29, 0.717) is 33.9 Å². The molecule has 0 aliphatic carbocycles. The van der Waals surface area contributed by atoms with Crippen LogP contribution in [0.4, 0.5) is 24.5 Å². The molecule has 4 rings (SSSR count). The van der Waals surface area contributed by atoms with Gasteiger partial charge in [-0.2, -0.15) is 0 Å². The zero-order valence-electron chi connectivity index (χ0n) is 20.0. The van der Waals surface area contributed by atoms with E-state index in [0.717, 1.165) is 24.6 Å². The van der Waals surface area contributed by atoms with Gasteiger partial charge in [0.2, 0.25) is 0 Å². The molecule has 1 aromatic heterocycles. The summed E-state index contributed by atoms with van der Waals surface area (Å²) in [5.74, 6) is -0.380. The van der Waals surface area contributed by atoms with Crippen molar-refractivity contribution >= 4 is 31.0 Å². The van der Waals surface area contributed by atoms with Crippen molar-refractivity contribution in [3.05, 3.63) is 84.9 Å². The summed E-state index contributed by atoms with van der Waals surface area (Å²) >= 11 is 0. The number of hydrogen-bond acceptors (Lipinski definition) is 7. The molecule has 0 unspecified atom stereocenters. The van der Waals surface area contributed by atoms with Crippen LogP contribution >= 0.6 is 0 Å². The van der Waals surface area contributed by atoms with E-state index in [1.54, 1.807) is 36.4 Å². The number of ether oxygens (including phenoxy) is 1. The number of benzene rings is 3. The largest absolute Gasteiger partial charge is 0.573 e. The standard InChI is InChI=1S/C26H21F3N2O5S2/c1-37(32,33)22-7-3-5-17(13-22)24-15-20(30-19-9-11-21(12-10-19)36-26(27,28)29)16-25(31-24)18-6-4-8-23(14-18)38(2,34)35/h3-16H,1-2H3,(H,30,31). The van der Waals surface area contributed by atoms with Crippen LogP contribution in [0.1, 0.15) is 0 Å². The Hall–Kier alpha value is -3.90. The van der Waals surface area contributed by atoms with E-state index < -0.39 is 26.0 Å². The molecule has 1 N–H and O–H groups in total. The van der Waals surface area contributed by atoms with Crippen molar-refractivity contribution in [2.24, 2.45) is 0 Å². The Morgan fingerprint density at radius 3 is 1.58 bits per heavy atom. The summed E-state index contributed by atoms with van der Waals surface area (Å²) in [6.45, 7) is 0. The lowest BCUT2D eigenvalue weighted by Crippen LogP contribution is -2.16. The Kier molecular flexibility index (Phi) is 7.22. The van der Waals surface area contributed by atoms with Crippen molar-refractivity contribution in [1.29, 1.82) is 0 Å². The minimum absolute atomic E-state index is 0.0936. The van der Waals surface area contributed by atoms with Gasteiger partial charge in [-0.15, -0.1) is 13.2 Å². The number of nitrogens with one attached hydrogen (secondary N) is 1. The van der Waals surface area contributed by atoms with E-state index in [1.807, 2.05) is 0 Å². The second-order valence-corrected chi connectivity index (χ2v) is 12.5. The van der Waals surface area contributed by atoms with Crippen molar-refractivity contribution < 1.29 is 34.7 Å². The first-order valence-corrected chi connectivity index (χ1v) is 14.7. The van der Waals surface area contributed by atoms with E-state index in [1.165, 1.54) is 36.4 Å². The number of rotatable bonds is 7. The van der Waals surface area contributed by atoms with Crippen molar-refractivity contribution in [3.8, 4) is 28.3 Å². The van der Waals surface area contributed by atoms with E-state index in [-0.39, 0.29) is 15.5 Å². The zero-order chi connectivity index (χ0) is 27.7. The predicted molar refractivity (Wildman–Crippen MR) is 138 cm³/mol. The molecule has 38 heavy (non-hydrogen) atoms. The van der Waals surface area contributed by atoms with Crippen LogP contribution in [-0.4, -0.2) is 40.7 Å². The van der Waals surface area contributed by atoms with Gasteiger partial charge in [-0.25, -0.2) is 21.8 Å². The summed E-state index contributed by atoms with van der Waals surface area (Å²) in [5, 5.41) is 3.09. The number of hydrogen-bond donors (Lipinski definition) is 1. The molecule has 0 saturated heterocycles. The van der Waals surface area contributed by atoms with Gasteiger partial charge < -0.3 is 10.1 Å². The Morgan fingerprint density at radius 2 is 1.16 bits per heavy atom. The third-order valence-electron chi connectivity index (χ3n) is 5.32. The molecule has 0 saturated carbocycles. The third kappa shape index (κ3) is 6.90. The number of aromatic nitrogens is 1. The maximum atomic E-state index is 12.5. The van der Waals surface area contributed by atoms with E-state index >= 15 is 0 Å². The Bertz CT molecular complexity index is 1610. The molecule has 0 spiro atoms. The molecule has 3 aromatic carbocycles. The molecule has 1 heterocycles. The first-order valence-electron chi connectivity index (χ1n) is 10.9. The van der Waals surface area contributed by atoms with Gasteiger partial charge in [0, 0.05) is 35.0 Å². The molecule has 0 atom stereocenters. The fraction of sp³-hybridized carbons (Fsp3) is 0.115. The Balaban J connectivity index is 1.80. The highest BCUT2D eigenvalue weighted by Crippen LogP contribution is 2.32. The summed E-state index contributed by atoms with van der Waals surface area (Å²) in [5.41, 5.74) is 2.67.